The van der Waals surface area contributed by atoms with E-state index in [0.29, 0.717) is 17.7 Å². The molecule has 0 saturated carbocycles. The number of morpholine rings is 1. The molecule has 1 atom stereocenters. The molecule has 2 aliphatic rings. The number of thioether (sulfide) groups is 1. The quantitative estimate of drug-likeness (QED) is 0.367. The third-order valence-electron chi connectivity index (χ3n) is 5.03. The smallest absolute Gasteiger partial charge is 0.194 e. The Labute approximate surface area is 190 Å². The normalized spacial score (nSPS) is 20.9. The van der Waals surface area contributed by atoms with Gasteiger partial charge in [-0.2, -0.15) is 11.8 Å². The van der Waals surface area contributed by atoms with Crippen LogP contribution in [-0.4, -0.2) is 72.8 Å². The number of anilines is 1. The highest BCUT2D eigenvalue weighted by atomic mass is 127. The summed E-state index contributed by atoms with van der Waals surface area (Å²) in [5.41, 5.74) is 1.20. The highest BCUT2D eigenvalue weighted by Crippen LogP contribution is 2.25. The molecule has 0 amide bonds. The molecule has 6 nitrogen and oxygen atoms in total. The van der Waals surface area contributed by atoms with Crippen molar-refractivity contribution in [1.29, 1.82) is 0 Å². The van der Waals surface area contributed by atoms with Crippen LogP contribution in [0.15, 0.2) is 23.3 Å². The lowest BCUT2D eigenvalue weighted by molar-refractivity contribution is 0.122. The number of hydrogen-bond donors (Lipinski definition) is 1. The van der Waals surface area contributed by atoms with E-state index in [1.807, 2.05) is 6.20 Å². The van der Waals surface area contributed by atoms with Gasteiger partial charge in [0.25, 0.3) is 0 Å². The number of aromatic nitrogens is 1. The zero-order valence-electron chi connectivity index (χ0n) is 17.3. The van der Waals surface area contributed by atoms with Crippen molar-refractivity contribution in [3.63, 3.8) is 0 Å². The highest BCUT2D eigenvalue weighted by molar-refractivity contribution is 14.0. The fourth-order valence-corrected chi connectivity index (χ4v) is 4.69. The zero-order valence-corrected chi connectivity index (χ0v) is 20.4. The molecule has 0 aliphatic carbocycles. The predicted molar refractivity (Wildman–Crippen MR) is 130 cm³/mol. The van der Waals surface area contributed by atoms with E-state index >= 15 is 0 Å². The first kappa shape index (κ1) is 23.5. The summed E-state index contributed by atoms with van der Waals surface area (Å²) in [4.78, 5) is 14.2. The van der Waals surface area contributed by atoms with Gasteiger partial charge in [0.05, 0.1) is 19.8 Å². The Morgan fingerprint density at radius 2 is 2.14 bits per heavy atom. The van der Waals surface area contributed by atoms with Gasteiger partial charge in [-0.05, 0) is 30.5 Å². The van der Waals surface area contributed by atoms with Crippen LogP contribution in [0.2, 0.25) is 0 Å². The topological polar surface area (TPSA) is 53.0 Å². The number of ether oxygens (including phenoxy) is 1. The Hall–Kier alpha value is -0.740. The van der Waals surface area contributed by atoms with Crippen molar-refractivity contribution in [2.45, 2.75) is 32.6 Å². The summed E-state index contributed by atoms with van der Waals surface area (Å²) >= 11 is 2.09. The van der Waals surface area contributed by atoms with Crippen LogP contribution in [0, 0.1) is 5.92 Å². The second-order valence-corrected chi connectivity index (χ2v) is 8.74. The molecule has 1 unspecified atom stereocenters. The number of halogens is 1. The lowest BCUT2D eigenvalue weighted by atomic mass is 10.1. The van der Waals surface area contributed by atoms with Gasteiger partial charge in [0, 0.05) is 49.9 Å². The largest absolute Gasteiger partial charge is 0.378 e. The van der Waals surface area contributed by atoms with Crippen LogP contribution in [-0.2, 0) is 11.3 Å². The maximum Gasteiger partial charge on any atom is 0.194 e. The molecule has 3 heterocycles. The van der Waals surface area contributed by atoms with Gasteiger partial charge in [0.1, 0.15) is 5.82 Å². The summed E-state index contributed by atoms with van der Waals surface area (Å²) in [7, 11) is 0. The van der Waals surface area contributed by atoms with Crippen molar-refractivity contribution < 1.29 is 4.74 Å². The van der Waals surface area contributed by atoms with Gasteiger partial charge in [-0.25, -0.2) is 9.98 Å². The number of rotatable bonds is 5. The molecule has 0 spiro atoms. The Bertz CT molecular complexity index is 624. The van der Waals surface area contributed by atoms with E-state index in [9.17, 15) is 0 Å². The Kier molecular flexibility index (Phi) is 10.1. The maximum atomic E-state index is 5.44. The lowest BCUT2D eigenvalue weighted by Crippen LogP contribution is -2.49. The first-order valence-corrected chi connectivity index (χ1v) is 11.1. The molecule has 2 fully saturated rings. The van der Waals surface area contributed by atoms with Gasteiger partial charge in [0.2, 0.25) is 0 Å². The average molecular weight is 519 g/mol. The molecule has 158 valence electrons. The molecule has 2 saturated heterocycles. The molecule has 28 heavy (non-hydrogen) atoms. The van der Waals surface area contributed by atoms with Crippen LogP contribution in [0.1, 0.15) is 26.3 Å². The number of guanidine groups is 1. The van der Waals surface area contributed by atoms with Gasteiger partial charge in [0.15, 0.2) is 5.96 Å². The predicted octanol–water partition coefficient (Wildman–Crippen LogP) is 3.08. The third-order valence-corrected chi connectivity index (χ3v) is 6.57. The Balaban J connectivity index is 0.00000280. The average Bonchev–Trinajstić information content (AvgIpc) is 2.72. The van der Waals surface area contributed by atoms with Gasteiger partial charge in [-0.15, -0.1) is 24.0 Å². The molecule has 0 bridgehead atoms. The van der Waals surface area contributed by atoms with Crippen molar-refractivity contribution in [2.24, 2.45) is 10.9 Å². The van der Waals surface area contributed by atoms with E-state index in [1.165, 1.54) is 11.3 Å². The second-order valence-electron chi connectivity index (χ2n) is 7.39. The summed E-state index contributed by atoms with van der Waals surface area (Å²) < 4.78 is 5.44. The monoisotopic (exact) mass is 519 g/mol. The fraction of sp³-hybridized carbons (Fsp3) is 0.700. The summed E-state index contributed by atoms with van der Waals surface area (Å²) in [6, 6.07) is 4.24. The summed E-state index contributed by atoms with van der Waals surface area (Å²) in [6.07, 6.45) is 1.90. The number of hydrogen-bond acceptors (Lipinski definition) is 5. The van der Waals surface area contributed by atoms with E-state index in [2.05, 4.69) is 64.8 Å². The molecule has 1 aromatic rings. The minimum absolute atomic E-state index is 0. The maximum absolute atomic E-state index is 5.44. The molecule has 8 heteroatoms. The van der Waals surface area contributed by atoms with Crippen molar-refractivity contribution in [2.75, 3.05) is 56.6 Å². The van der Waals surface area contributed by atoms with Crippen LogP contribution < -0.4 is 10.2 Å². The van der Waals surface area contributed by atoms with Gasteiger partial charge < -0.3 is 19.9 Å². The Morgan fingerprint density at radius 1 is 1.36 bits per heavy atom. The molecular formula is C20H34IN5OS. The van der Waals surface area contributed by atoms with Crippen LogP contribution in [0.4, 0.5) is 5.82 Å². The fourth-order valence-electron chi connectivity index (χ4n) is 3.39. The highest BCUT2D eigenvalue weighted by Gasteiger charge is 2.24. The van der Waals surface area contributed by atoms with Crippen LogP contribution in [0.25, 0.3) is 0 Å². The van der Waals surface area contributed by atoms with Crippen molar-refractivity contribution in [3.8, 4) is 0 Å². The standard InChI is InChI=1S/C20H33N5OS.HI/c1-4-21-20(25-9-12-27-18(15-25)16(2)3)23-14-17-5-6-22-19(13-17)24-7-10-26-11-8-24;/h5-6,13,16,18H,4,7-12,14-15H2,1-3H3,(H,21,23);1H. The minimum atomic E-state index is 0. The van der Waals surface area contributed by atoms with Crippen LogP contribution in [0.5, 0.6) is 0 Å². The number of nitrogens with one attached hydrogen (secondary N) is 1. The first-order valence-electron chi connectivity index (χ1n) is 10.1. The summed E-state index contributed by atoms with van der Waals surface area (Å²) in [5.74, 6) is 3.93. The molecule has 2 aliphatic heterocycles. The van der Waals surface area contributed by atoms with Gasteiger partial charge in [-0.3, -0.25) is 0 Å². The summed E-state index contributed by atoms with van der Waals surface area (Å²) in [6.45, 7) is 13.8. The van der Waals surface area contributed by atoms with Crippen LogP contribution in [0.3, 0.4) is 0 Å². The van der Waals surface area contributed by atoms with Crippen LogP contribution >= 0.6 is 35.7 Å². The van der Waals surface area contributed by atoms with E-state index in [-0.39, 0.29) is 24.0 Å². The molecular weight excluding hydrogens is 485 g/mol. The van der Waals surface area contributed by atoms with E-state index in [4.69, 9.17) is 9.73 Å². The van der Waals surface area contributed by atoms with Crippen molar-refractivity contribution in [3.05, 3.63) is 23.9 Å². The molecule has 0 radical (unpaired) electrons. The molecule has 0 aromatic carbocycles. The zero-order chi connectivity index (χ0) is 19.1. The van der Waals surface area contributed by atoms with Crippen molar-refractivity contribution in [1.82, 2.24) is 15.2 Å². The molecule has 1 N–H and O–H groups in total. The van der Waals surface area contributed by atoms with E-state index in [1.54, 1.807) is 0 Å². The SMILES string of the molecule is CCNC(=NCc1ccnc(N2CCOCC2)c1)N1CCSC(C(C)C)C1.I. The molecule has 1 aromatic heterocycles. The third kappa shape index (κ3) is 6.66. The number of aliphatic imine (C=N–C) groups is 1. The van der Waals surface area contributed by atoms with Crippen molar-refractivity contribution >= 4 is 47.5 Å². The molecule has 3 rings (SSSR count). The Morgan fingerprint density at radius 3 is 2.86 bits per heavy atom. The van der Waals surface area contributed by atoms with E-state index < -0.39 is 0 Å². The van der Waals surface area contributed by atoms with Gasteiger partial charge in [-0.1, -0.05) is 13.8 Å². The van der Waals surface area contributed by atoms with Gasteiger partial charge >= 0.3 is 0 Å². The number of nitrogens with zero attached hydrogens (tertiary/aromatic N) is 4. The second kappa shape index (κ2) is 12.1. The lowest BCUT2D eigenvalue weighted by Gasteiger charge is -2.36. The minimum Gasteiger partial charge on any atom is -0.378 e. The first-order chi connectivity index (χ1) is 13.2. The summed E-state index contributed by atoms with van der Waals surface area (Å²) in [5, 5.41) is 4.16. The number of pyridine rings is 1. The van der Waals surface area contributed by atoms with E-state index in [0.717, 1.165) is 57.7 Å².